The Hall–Kier alpha value is 1.09. The molecule has 0 aliphatic carbocycles. The van der Waals surface area contributed by atoms with Crippen LogP contribution in [0.2, 0.25) is 0 Å². The smallest absolute Gasteiger partial charge is 0.0312 e. The van der Waals surface area contributed by atoms with E-state index in [1.807, 2.05) is 0 Å². The fraction of sp³-hybridized carbons (Fsp3) is 1.00. The van der Waals surface area contributed by atoms with Gasteiger partial charge in [0.25, 0.3) is 0 Å². The van der Waals surface area contributed by atoms with Crippen molar-refractivity contribution in [2.24, 2.45) is 0 Å². The van der Waals surface area contributed by atoms with Crippen LogP contribution in [0.25, 0.3) is 0 Å². The van der Waals surface area contributed by atoms with Crippen LogP contribution in [-0.2, 0) is 20.4 Å². The Morgan fingerprint density at radius 3 is 1.08 bits per heavy atom. The van der Waals surface area contributed by atoms with E-state index >= 15 is 0 Å². The van der Waals surface area contributed by atoms with Gasteiger partial charge in [-0.25, -0.2) is 0 Å². The van der Waals surface area contributed by atoms with Gasteiger partial charge in [-0.1, -0.05) is 0 Å². The van der Waals surface area contributed by atoms with E-state index in [2.05, 4.69) is 48.5 Å². The van der Waals surface area contributed by atoms with Crippen LogP contribution in [0.5, 0.6) is 0 Å². The van der Waals surface area contributed by atoms with Gasteiger partial charge in [-0.15, -0.1) is 0 Å². The average Bonchev–Trinajstić information content (AvgIpc) is 1.56. The minimum Gasteiger partial charge on any atom is -0.0312 e. The zero-order chi connectivity index (χ0) is 9.28. The third-order valence-electron chi connectivity index (χ3n) is 2.16. The molecule has 0 bridgehead atoms. The summed E-state index contributed by atoms with van der Waals surface area (Å²) in [6.07, 6.45) is 1.39. The molecule has 0 saturated carbocycles. The Labute approximate surface area is 93.3 Å². The van der Waals surface area contributed by atoms with E-state index in [1.54, 1.807) is 0 Å². The summed E-state index contributed by atoms with van der Waals surface area (Å²) >= 11 is 0. The van der Waals surface area contributed by atoms with Crippen molar-refractivity contribution in [1.82, 2.24) is 0 Å². The predicted octanol–water partition coefficient (Wildman–Crippen LogP) is 3.82. The second-order valence-corrected chi connectivity index (χ2v) is 10.00. The molecule has 0 spiro atoms. The number of rotatable bonds is 1. The minimum absolute atomic E-state index is 0. The van der Waals surface area contributed by atoms with Crippen molar-refractivity contribution in [3.8, 4) is 0 Å². The third kappa shape index (κ3) is 4.96. The van der Waals surface area contributed by atoms with Crippen LogP contribution in [-0.4, -0.2) is 16.5 Å². The Bertz CT molecular complexity index is 105. The van der Waals surface area contributed by atoms with E-state index in [9.17, 15) is 0 Å². The third-order valence-corrected chi connectivity index (χ3v) is 6.49. The van der Waals surface area contributed by atoms with Gasteiger partial charge in [-0.3, -0.25) is 0 Å². The summed E-state index contributed by atoms with van der Waals surface area (Å²) in [4.78, 5) is 0. The Kier molecular flexibility index (Phi) is 6.60. The quantitative estimate of drug-likeness (QED) is 0.506. The molecule has 2 heteroatoms. The summed E-state index contributed by atoms with van der Waals surface area (Å²) in [6, 6.07) is 0. The summed E-state index contributed by atoms with van der Waals surface area (Å²) in [5, 5.41) is 1.11. The zero-order valence-electron chi connectivity index (χ0n) is 9.52. The number of hydrogen-bond acceptors (Lipinski definition) is 0. The molecule has 0 radical (unpaired) electrons. The fourth-order valence-electron chi connectivity index (χ4n) is 2.19. The maximum atomic E-state index is 2.38. The van der Waals surface area contributed by atoms with Crippen molar-refractivity contribution < 1.29 is 20.4 Å². The van der Waals surface area contributed by atoms with Gasteiger partial charge in [-0.05, 0) is 48.5 Å². The van der Waals surface area contributed by atoms with E-state index in [0.717, 1.165) is 0 Å². The van der Waals surface area contributed by atoms with Gasteiger partial charge in [0.15, 0.2) is 0 Å². The second kappa shape index (κ2) is 5.09. The van der Waals surface area contributed by atoms with Gasteiger partial charge in [0, 0.05) is 28.3 Å². The maximum absolute atomic E-state index is 2.38. The topological polar surface area (TPSA) is 0 Å². The molecule has 0 heterocycles. The van der Waals surface area contributed by atoms with Crippen molar-refractivity contribution in [3.63, 3.8) is 0 Å². The van der Waals surface area contributed by atoms with Crippen molar-refractivity contribution in [2.45, 2.75) is 58.8 Å². The first-order valence-corrected chi connectivity index (χ1v) is 6.27. The molecule has 0 unspecified atom stereocenters. The Morgan fingerprint density at radius 2 is 1.08 bits per heavy atom. The molecule has 0 aromatic heterocycles. The van der Waals surface area contributed by atoms with Crippen molar-refractivity contribution >= 4 is 7.92 Å². The predicted molar refractivity (Wildman–Crippen MR) is 58.4 cm³/mol. The molecule has 0 amide bonds. The molecule has 0 aromatic rings. The maximum Gasteiger partial charge on any atom is 0.0698 e. The van der Waals surface area contributed by atoms with Gasteiger partial charge >= 0.3 is 0 Å². The first-order valence-electron chi connectivity index (χ1n) is 4.56. The van der Waals surface area contributed by atoms with Gasteiger partial charge in [0.2, 0.25) is 0 Å². The fourth-order valence-corrected chi connectivity index (χ4v) is 6.56. The van der Waals surface area contributed by atoms with Crippen LogP contribution in [0.1, 0.15) is 48.5 Å². The van der Waals surface area contributed by atoms with E-state index in [4.69, 9.17) is 0 Å². The molecule has 12 heavy (non-hydrogen) atoms. The molecular formula is C10H24PPd+. The summed E-state index contributed by atoms with van der Waals surface area (Å²) in [5.74, 6) is 0. The standard InChI is InChI=1S/C10H23P.Pd/c1-8-11(9(2,3)4)10(5,6)7;/h8H2,1-7H3;/p+1. The molecule has 0 atom stereocenters. The molecule has 0 aliphatic rings. The van der Waals surface area contributed by atoms with Crippen molar-refractivity contribution in [1.29, 1.82) is 0 Å². The van der Waals surface area contributed by atoms with Crippen LogP contribution in [0.4, 0.5) is 0 Å². The first-order chi connectivity index (χ1) is 4.69. The van der Waals surface area contributed by atoms with E-state index < -0.39 is 0 Å². The molecule has 0 aromatic carbocycles. The monoisotopic (exact) mass is 281 g/mol. The van der Waals surface area contributed by atoms with Crippen LogP contribution < -0.4 is 0 Å². The van der Waals surface area contributed by atoms with E-state index in [0.29, 0.717) is 10.3 Å². The summed E-state index contributed by atoms with van der Waals surface area (Å²) in [7, 11) is -0.215. The van der Waals surface area contributed by atoms with E-state index in [-0.39, 0.29) is 28.3 Å². The molecule has 0 saturated heterocycles. The molecule has 0 nitrogen and oxygen atoms in total. The number of hydrogen-bond donors (Lipinski definition) is 0. The van der Waals surface area contributed by atoms with Crippen molar-refractivity contribution in [3.05, 3.63) is 0 Å². The minimum atomic E-state index is -0.215. The molecule has 0 fully saturated rings. The van der Waals surface area contributed by atoms with Crippen LogP contribution >= 0.6 is 7.92 Å². The normalized spacial score (nSPS) is 13.0. The van der Waals surface area contributed by atoms with Gasteiger partial charge in [0.1, 0.15) is 0 Å². The summed E-state index contributed by atoms with van der Waals surface area (Å²) in [6.45, 7) is 16.6. The molecular weight excluding hydrogens is 258 g/mol. The first kappa shape index (κ1) is 15.6. The van der Waals surface area contributed by atoms with Crippen molar-refractivity contribution in [2.75, 3.05) is 6.16 Å². The van der Waals surface area contributed by atoms with Crippen LogP contribution in [0, 0.1) is 0 Å². The molecule has 0 N–H and O–H groups in total. The van der Waals surface area contributed by atoms with E-state index in [1.165, 1.54) is 6.16 Å². The zero-order valence-corrected chi connectivity index (χ0v) is 12.1. The van der Waals surface area contributed by atoms with Gasteiger partial charge < -0.3 is 0 Å². The SMILES string of the molecule is CC[PH+](C(C)(C)C)C(C)(C)C.[Pd]. The molecule has 0 rings (SSSR count). The Morgan fingerprint density at radius 1 is 0.833 bits per heavy atom. The van der Waals surface area contributed by atoms with Crippen LogP contribution in [0.3, 0.4) is 0 Å². The Balaban J connectivity index is 0. The average molecular weight is 282 g/mol. The summed E-state index contributed by atoms with van der Waals surface area (Å²) in [5.41, 5.74) is 0. The molecule has 78 valence electrons. The second-order valence-electron chi connectivity index (χ2n) is 5.33. The van der Waals surface area contributed by atoms with Gasteiger partial charge in [-0.2, -0.15) is 0 Å². The summed E-state index contributed by atoms with van der Waals surface area (Å²) < 4.78 is 0. The largest absolute Gasteiger partial charge is 0.0698 e. The molecule has 0 aliphatic heterocycles. The van der Waals surface area contributed by atoms with Crippen LogP contribution in [0.15, 0.2) is 0 Å². The van der Waals surface area contributed by atoms with Gasteiger partial charge in [0.05, 0.1) is 16.5 Å².